The molecule has 2 fully saturated rings. The van der Waals surface area contributed by atoms with Gasteiger partial charge in [0.15, 0.2) is 5.69 Å². The van der Waals surface area contributed by atoms with E-state index in [1.165, 1.54) is 19.3 Å². The summed E-state index contributed by atoms with van der Waals surface area (Å²) in [5, 5.41) is 8.68. The van der Waals surface area contributed by atoms with Gasteiger partial charge < -0.3 is 15.0 Å². The zero-order valence-electron chi connectivity index (χ0n) is 18.3. The van der Waals surface area contributed by atoms with Crippen molar-refractivity contribution < 1.29 is 9.53 Å². The van der Waals surface area contributed by atoms with Gasteiger partial charge in [-0.15, -0.1) is 0 Å². The molecule has 5 rings (SSSR count). The van der Waals surface area contributed by atoms with Crippen molar-refractivity contribution in [3.8, 4) is 5.75 Å². The fourth-order valence-electron chi connectivity index (χ4n) is 5.22. The van der Waals surface area contributed by atoms with Crippen LogP contribution < -0.4 is 10.1 Å². The molecule has 0 radical (unpaired) electrons. The highest BCUT2D eigenvalue weighted by molar-refractivity contribution is 6.05. The second kappa shape index (κ2) is 8.35. The van der Waals surface area contributed by atoms with E-state index in [1.54, 1.807) is 4.68 Å². The average Bonchev–Trinajstić information content (AvgIpc) is 3.10. The number of hydrogen-bond donors (Lipinski definition) is 1. The third-order valence-corrected chi connectivity index (χ3v) is 6.96. The number of rotatable bonds is 5. The fraction of sp³-hybridized carbons (Fsp3) is 0.440. The highest BCUT2D eigenvalue weighted by atomic mass is 16.5. The zero-order valence-corrected chi connectivity index (χ0v) is 18.3. The summed E-state index contributed by atoms with van der Waals surface area (Å²) >= 11 is 0. The Morgan fingerprint density at radius 3 is 2.58 bits per heavy atom. The Hall–Kier alpha value is -2.86. The van der Waals surface area contributed by atoms with Crippen molar-refractivity contribution in [1.29, 1.82) is 0 Å². The van der Waals surface area contributed by atoms with E-state index in [2.05, 4.69) is 22.4 Å². The molecule has 1 amide bonds. The predicted molar refractivity (Wildman–Crippen MR) is 121 cm³/mol. The lowest BCUT2D eigenvalue weighted by Gasteiger charge is -2.47. The van der Waals surface area contributed by atoms with Gasteiger partial charge in [-0.3, -0.25) is 9.48 Å². The van der Waals surface area contributed by atoms with Gasteiger partial charge in [0.25, 0.3) is 5.91 Å². The number of hydrogen-bond acceptors (Lipinski definition) is 4. The summed E-state index contributed by atoms with van der Waals surface area (Å²) < 4.78 is 7.72. The lowest BCUT2D eigenvalue weighted by atomic mass is 9.82. The van der Waals surface area contributed by atoms with Crippen LogP contribution in [0.15, 0.2) is 48.5 Å². The molecule has 31 heavy (non-hydrogen) atoms. The molecule has 3 aromatic rings. The van der Waals surface area contributed by atoms with Crippen LogP contribution in [0.2, 0.25) is 0 Å². The minimum Gasteiger partial charge on any atom is -0.489 e. The van der Waals surface area contributed by atoms with Gasteiger partial charge in [-0.25, -0.2) is 0 Å². The second-order valence-electron chi connectivity index (χ2n) is 8.97. The van der Waals surface area contributed by atoms with Gasteiger partial charge in [0.2, 0.25) is 0 Å². The Kier molecular flexibility index (Phi) is 5.40. The molecule has 162 valence electrons. The summed E-state index contributed by atoms with van der Waals surface area (Å²) in [6, 6.07) is 17.3. The number of amides is 1. The minimum absolute atomic E-state index is 0.0730. The fourth-order valence-corrected chi connectivity index (χ4v) is 5.22. The SMILES string of the molecule is CN1[C@@H]2CCC[C@H]1CC(NC(=O)c1nn(C)c3cc(OCc4ccccc4)ccc13)C2. The number of piperidine rings is 2. The molecule has 1 aromatic heterocycles. The summed E-state index contributed by atoms with van der Waals surface area (Å²) in [6.45, 7) is 0.510. The molecular weight excluding hydrogens is 388 g/mol. The minimum atomic E-state index is -0.0730. The normalized spacial score (nSPS) is 23.6. The summed E-state index contributed by atoms with van der Waals surface area (Å²) in [4.78, 5) is 15.6. The molecule has 0 aliphatic carbocycles. The van der Waals surface area contributed by atoms with Gasteiger partial charge >= 0.3 is 0 Å². The van der Waals surface area contributed by atoms with E-state index in [4.69, 9.17) is 4.74 Å². The topological polar surface area (TPSA) is 59.4 Å². The standard InChI is InChI=1S/C25H30N4O2/c1-28-19-9-6-10-20(28)14-18(13-19)26-25(30)24-22-12-11-21(15-23(22)29(2)27-24)31-16-17-7-4-3-5-8-17/h3-5,7-8,11-12,15,18-20H,6,9-10,13-14,16H2,1-2H3,(H,26,30)/t18?,19-,20+. The number of aryl methyl sites for hydroxylation is 1. The average molecular weight is 419 g/mol. The zero-order chi connectivity index (χ0) is 21.4. The Balaban J connectivity index is 1.30. The van der Waals surface area contributed by atoms with Crippen LogP contribution in [0.25, 0.3) is 10.9 Å². The van der Waals surface area contributed by atoms with Crippen LogP contribution in [0.4, 0.5) is 0 Å². The maximum absolute atomic E-state index is 13.1. The smallest absolute Gasteiger partial charge is 0.272 e. The molecule has 3 heterocycles. The first kappa shape index (κ1) is 20.1. The van der Waals surface area contributed by atoms with E-state index in [0.29, 0.717) is 24.4 Å². The van der Waals surface area contributed by atoms with Gasteiger partial charge in [0, 0.05) is 36.6 Å². The van der Waals surface area contributed by atoms with Crippen LogP contribution in [0.1, 0.15) is 48.2 Å². The highest BCUT2D eigenvalue weighted by Crippen LogP contribution is 2.33. The van der Waals surface area contributed by atoms with Gasteiger partial charge in [0.1, 0.15) is 12.4 Å². The summed E-state index contributed by atoms with van der Waals surface area (Å²) in [7, 11) is 4.11. The third kappa shape index (κ3) is 4.04. The molecule has 1 N–H and O–H groups in total. The molecule has 0 spiro atoms. The number of nitrogens with one attached hydrogen (secondary N) is 1. The monoisotopic (exact) mass is 418 g/mol. The Bertz CT molecular complexity index is 1060. The molecule has 2 bridgehead atoms. The van der Waals surface area contributed by atoms with Crippen molar-refractivity contribution in [2.75, 3.05) is 7.05 Å². The number of carbonyl (C=O) groups excluding carboxylic acids is 1. The first-order chi connectivity index (χ1) is 15.1. The number of nitrogens with zero attached hydrogens (tertiary/aromatic N) is 3. The molecule has 6 nitrogen and oxygen atoms in total. The van der Waals surface area contributed by atoms with E-state index in [0.717, 1.165) is 35.1 Å². The van der Waals surface area contributed by atoms with Crippen molar-refractivity contribution in [2.45, 2.75) is 56.8 Å². The molecule has 2 aliphatic rings. The van der Waals surface area contributed by atoms with Gasteiger partial charge in [-0.2, -0.15) is 5.10 Å². The Morgan fingerprint density at radius 1 is 1.10 bits per heavy atom. The van der Waals surface area contributed by atoms with E-state index < -0.39 is 0 Å². The van der Waals surface area contributed by atoms with Crippen LogP contribution in [-0.4, -0.2) is 45.8 Å². The van der Waals surface area contributed by atoms with Crippen LogP contribution in [-0.2, 0) is 13.7 Å². The van der Waals surface area contributed by atoms with Crippen molar-refractivity contribution in [3.05, 3.63) is 59.8 Å². The lowest BCUT2D eigenvalue weighted by molar-refractivity contribution is 0.0462. The van der Waals surface area contributed by atoms with Crippen LogP contribution in [0.5, 0.6) is 5.75 Å². The molecule has 2 saturated heterocycles. The first-order valence-corrected chi connectivity index (χ1v) is 11.2. The number of benzene rings is 2. The maximum Gasteiger partial charge on any atom is 0.272 e. The van der Waals surface area contributed by atoms with E-state index in [9.17, 15) is 4.79 Å². The van der Waals surface area contributed by atoms with E-state index >= 15 is 0 Å². The maximum atomic E-state index is 13.1. The number of carbonyl (C=O) groups is 1. The van der Waals surface area contributed by atoms with Crippen molar-refractivity contribution in [2.24, 2.45) is 7.05 Å². The predicted octanol–water partition coefficient (Wildman–Crippen LogP) is 3.90. The quantitative estimate of drug-likeness (QED) is 0.683. The van der Waals surface area contributed by atoms with E-state index in [-0.39, 0.29) is 11.9 Å². The number of fused-ring (bicyclic) bond motifs is 3. The molecule has 1 unspecified atom stereocenters. The van der Waals surface area contributed by atoms with Crippen molar-refractivity contribution in [1.82, 2.24) is 20.0 Å². The molecule has 2 aromatic carbocycles. The van der Waals surface area contributed by atoms with Crippen molar-refractivity contribution in [3.63, 3.8) is 0 Å². The number of aromatic nitrogens is 2. The summed E-state index contributed by atoms with van der Waals surface area (Å²) in [5.41, 5.74) is 2.52. The summed E-state index contributed by atoms with van der Waals surface area (Å²) in [5.74, 6) is 0.700. The Labute approximate surface area is 183 Å². The van der Waals surface area contributed by atoms with E-state index in [1.807, 2.05) is 55.6 Å². The van der Waals surface area contributed by atoms with Crippen LogP contribution in [0.3, 0.4) is 0 Å². The largest absolute Gasteiger partial charge is 0.489 e. The molecule has 6 heteroatoms. The molecular formula is C25H30N4O2. The van der Waals surface area contributed by atoms with Gasteiger partial charge in [-0.05, 0) is 50.4 Å². The lowest BCUT2D eigenvalue weighted by Crippen LogP contribution is -2.55. The first-order valence-electron chi connectivity index (χ1n) is 11.2. The van der Waals surface area contributed by atoms with Gasteiger partial charge in [-0.1, -0.05) is 36.8 Å². The second-order valence-corrected chi connectivity index (χ2v) is 8.97. The summed E-state index contributed by atoms with van der Waals surface area (Å²) in [6.07, 6.45) is 5.83. The molecule has 0 saturated carbocycles. The van der Waals surface area contributed by atoms with Crippen molar-refractivity contribution >= 4 is 16.8 Å². The Morgan fingerprint density at radius 2 is 1.84 bits per heavy atom. The third-order valence-electron chi connectivity index (χ3n) is 6.96. The number of ether oxygens (including phenoxy) is 1. The van der Waals surface area contributed by atoms with Crippen LogP contribution in [0, 0.1) is 0 Å². The highest BCUT2D eigenvalue weighted by Gasteiger charge is 2.36. The van der Waals surface area contributed by atoms with Gasteiger partial charge in [0.05, 0.1) is 5.52 Å². The molecule has 3 atom stereocenters. The molecule has 2 aliphatic heterocycles. The van der Waals surface area contributed by atoms with Crippen LogP contribution >= 0.6 is 0 Å².